The van der Waals surface area contributed by atoms with E-state index in [1.807, 2.05) is 13.8 Å². The van der Waals surface area contributed by atoms with Crippen LogP contribution in [0.25, 0.3) is 0 Å². The number of hydrogen-bond acceptors (Lipinski definition) is 18. The van der Waals surface area contributed by atoms with Crippen LogP contribution in [0.4, 0.5) is 0 Å². The Balaban J connectivity index is 1.49. The number of amides is 12. The molecule has 0 aromatic heterocycles. The predicted octanol–water partition coefficient (Wildman–Crippen LogP) is -5.16. The number of carbonyl (C=O) groups excluding carboxylic acids is 12. The normalized spacial score (nSPS) is 17.0. The van der Waals surface area contributed by atoms with Crippen molar-refractivity contribution in [1.29, 1.82) is 0 Å². The number of nitrogens with zero attached hydrogens (tertiary/aromatic N) is 3. The maximum Gasteiger partial charge on any atom is 0.305 e. The average Bonchev–Trinajstić information content (AvgIpc) is 1.69. The maximum atomic E-state index is 14.4. The van der Waals surface area contributed by atoms with E-state index >= 15 is 0 Å². The molecule has 12 amide bonds. The molecule has 0 saturated carbocycles. The number of carboxylic acid groups (broad SMARTS) is 2. The lowest BCUT2D eigenvalue weighted by atomic mass is 10.0. The van der Waals surface area contributed by atoms with Crippen LogP contribution in [-0.4, -0.2) is 220 Å². The molecule has 0 spiro atoms. The molecule has 534 valence electrons. The van der Waals surface area contributed by atoms with Crippen LogP contribution in [0, 0.1) is 5.92 Å². The van der Waals surface area contributed by atoms with Gasteiger partial charge in [0.05, 0.1) is 19.6 Å². The molecule has 34 heteroatoms. The highest BCUT2D eigenvalue weighted by atomic mass is 16.4. The number of nitrogens with one attached hydrogen (secondary N) is 9. The first kappa shape index (κ1) is 79.6. The fourth-order valence-corrected chi connectivity index (χ4v) is 10.9. The summed E-state index contributed by atoms with van der Waals surface area (Å²) in [5, 5.41) is 51.2. The predicted molar refractivity (Wildman–Crippen MR) is 350 cm³/mol. The molecule has 0 radical (unpaired) electrons. The number of unbranched alkanes of at least 4 members (excludes halogenated alkanes) is 1. The van der Waals surface area contributed by atoms with Crippen molar-refractivity contribution in [2.24, 2.45) is 39.6 Å². The van der Waals surface area contributed by atoms with Crippen LogP contribution in [0.2, 0.25) is 0 Å². The van der Waals surface area contributed by atoms with Crippen molar-refractivity contribution in [3.63, 3.8) is 0 Å². The van der Waals surface area contributed by atoms with Gasteiger partial charge in [-0.05, 0) is 101 Å². The van der Waals surface area contributed by atoms with Crippen molar-refractivity contribution in [3.05, 3.63) is 71.8 Å². The fraction of sp³-hybridized carbons (Fsp3) is 0.571. The van der Waals surface area contributed by atoms with Crippen LogP contribution in [0.3, 0.4) is 0 Å². The second-order valence-corrected chi connectivity index (χ2v) is 24.3. The molecule has 34 nitrogen and oxygen atoms in total. The molecule has 97 heavy (non-hydrogen) atoms. The van der Waals surface area contributed by atoms with Crippen molar-refractivity contribution in [3.8, 4) is 0 Å². The monoisotopic (exact) mass is 1360 g/mol. The first-order chi connectivity index (χ1) is 46.0. The van der Waals surface area contributed by atoms with Crippen LogP contribution < -0.4 is 76.5 Å². The minimum Gasteiger partial charge on any atom is -0.481 e. The Kier molecular flexibility index (Phi) is 33.3. The van der Waals surface area contributed by atoms with Crippen LogP contribution in [-0.2, 0) is 80.0 Å². The third-order valence-corrected chi connectivity index (χ3v) is 16.0. The molecule has 0 unspecified atom stereocenters. The van der Waals surface area contributed by atoms with Crippen LogP contribution in [0.15, 0.2) is 65.7 Å². The summed E-state index contributed by atoms with van der Waals surface area (Å²) in [6.07, 6.45) is -0.312. The van der Waals surface area contributed by atoms with E-state index in [0.29, 0.717) is 30.4 Å². The third kappa shape index (κ3) is 27.1. The van der Waals surface area contributed by atoms with Gasteiger partial charge in [0.25, 0.3) is 0 Å². The minimum atomic E-state index is -1.82. The number of benzene rings is 2. The molecule has 11 atom stereocenters. The van der Waals surface area contributed by atoms with Gasteiger partial charge >= 0.3 is 11.9 Å². The highest BCUT2D eigenvalue weighted by molar-refractivity contribution is 6.00. The lowest BCUT2D eigenvalue weighted by Gasteiger charge is -2.33. The first-order valence-electron chi connectivity index (χ1n) is 32.3. The Morgan fingerprint density at radius 3 is 1.58 bits per heavy atom. The van der Waals surface area contributed by atoms with Crippen molar-refractivity contribution >= 4 is 88.8 Å². The van der Waals surface area contributed by atoms with E-state index in [-0.39, 0.29) is 95.8 Å². The number of primary amides is 1. The summed E-state index contributed by atoms with van der Waals surface area (Å²) in [6, 6.07) is 1.92. The van der Waals surface area contributed by atoms with Gasteiger partial charge < -0.3 is 102 Å². The average molecular weight is 1360 g/mol. The number of likely N-dealkylation sites (tertiary alicyclic amines) is 2. The van der Waals surface area contributed by atoms with Crippen LogP contribution >= 0.6 is 0 Å². The van der Waals surface area contributed by atoms with Gasteiger partial charge in [-0.25, -0.2) is 0 Å². The number of carboxylic acids is 2. The Morgan fingerprint density at radius 1 is 0.557 bits per heavy atom. The summed E-state index contributed by atoms with van der Waals surface area (Å²) in [6.45, 7) is 3.74. The number of hydrogen-bond donors (Lipinski definition) is 17. The molecule has 2 aliphatic heterocycles. The molecular formula is C63H95N17O17. The fourth-order valence-electron chi connectivity index (χ4n) is 10.9. The van der Waals surface area contributed by atoms with E-state index in [9.17, 15) is 82.4 Å². The maximum absolute atomic E-state index is 14.4. The lowest BCUT2D eigenvalue weighted by molar-refractivity contribution is -0.149. The Bertz CT molecular complexity index is 3080. The second kappa shape index (κ2) is 40.5. The van der Waals surface area contributed by atoms with Gasteiger partial charge in [-0.1, -0.05) is 74.5 Å². The lowest BCUT2D eigenvalue weighted by Crippen LogP contribution is -2.59. The highest BCUT2D eigenvalue weighted by Gasteiger charge is 2.45. The van der Waals surface area contributed by atoms with Gasteiger partial charge in [-0.2, -0.15) is 0 Å². The zero-order valence-corrected chi connectivity index (χ0v) is 54.8. The SMILES string of the molecule is CC(C)C[C@H](NC(=O)[C@H](CCCCN)NC(=O)[C@H](CCCN=C(N)N)NC(=O)[C@H](Cc1ccccc1)NC(=O)CNC(=O)[C@H](Cc1ccccc1)NC(=O)[C@H](C)NC(=O)[C@@H]1CCCN1C(=O)[C@@H]1CCCN1C(=O)[C@H](CC(=O)O)NC(=O)[C@H](CCC(=O)O)NC(=O)[C@@H](N)CO)C(N)=O. The van der Waals surface area contributed by atoms with Crippen molar-refractivity contribution in [2.45, 2.75) is 184 Å². The molecule has 0 aliphatic carbocycles. The van der Waals surface area contributed by atoms with E-state index in [1.54, 1.807) is 60.7 Å². The second-order valence-electron chi connectivity index (χ2n) is 24.3. The van der Waals surface area contributed by atoms with Gasteiger partial charge in [0.1, 0.15) is 66.5 Å². The zero-order valence-electron chi connectivity index (χ0n) is 54.8. The van der Waals surface area contributed by atoms with Gasteiger partial charge in [-0.15, -0.1) is 0 Å². The number of aliphatic carboxylic acids is 2. The molecule has 2 fully saturated rings. The summed E-state index contributed by atoms with van der Waals surface area (Å²) in [5.41, 5.74) is 29.2. The van der Waals surface area contributed by atoms with Gasteiger partial charge in [0.2, 0.25) is 70.9 Å². The summed E-state index contributed by atoms with van der Waals surface area (Å²) in [4.78, 5) is 195. The summed E-state index contributed by atoms with van der Waals surface area (Å²) < 4.78 is 0. The number of nitrogens with two attached hydrogens (primary N) is 5. The van der Waals surface area contributed by atoms with Gasteiger partial charge in [0, 0.05) is 38.9 Å². The molecule has 2 aromatic rings. The number of guanidine groups is 1. The zero-order chi connectivity index (χ0) is 71.9. The highest BCUT2D eigenvalue weighted by Crippen LogP contribution is 2.26. The van der Waals surface area contributed by atoms with E-state index in [0.717, 1.165) is 4.90 Å². The van der Waals surface area contributed by atoms with Crippen LogP contribution in [0.1, 0.15) is 115 Å². The first-order valence-corrected chi connectivity index (χ1v) is 32.3. The number of aliphatic hydroxyl groups excluding tert-OH is 1. The molecular weight excluding hydrogens is 1270 g/mol. The summed E-state index contributed by atoms with van der Waals surface area (Å²) in [7, 11) is 0. The third-order valence-electron chi connectivity index (χ3n) is 16.0. The molecule has 2 saturated heterocycles. The standard InChI is InChI=1S/C63H95N17O17/c1-35(2)29-43(52(66)87)76-57(92)40(19-10-11-25-64)74-56(91)41(20-12-26-69-63(67)68)75-59(94)45(31-38-17-8-5-9-18-38)72-49(82)33-70-55(90)44(30-37-15-6-4-7-16-37)77-53(88)36(3)71-60(95)47-21-13-27-79(47)62(97)48-22-14-28-80(48)61(96)46(32-51(85)86)78-58(93)42(23-24-50(83)84)73-54(89)39(65)34-81/h4-9,15-18,35-36,39-48,81H,10-14,19-34,64-65H2,1-3H3,(H2,66,87)(H,70,90)(H,71,95)(H,72,82)(H,73,89)(H,74,91)(H,75,94)(H,76,92)(H,77,88)(H,78,93)(H,83,84)(H,85,86)(H4,67,68,69)/t36-,39-,40-,41-,42-,43-,44-,45-,46-,47-,48-/m0/s1. The summed E-state index contributed by atoms with van der Waals surface area (Å²) in [5.74, 6) is -13.5. The quantitative estimate of drug-likeness (QED) is 0.0168. The molecule has 0 bridgehead atoms. The number of carbonyl (C=O) groups is 14. The van der Waals surface area contributed by atoms with Gasteiger partial charge in [-0.3, -0.25) is 72.1 Å². The molecule has 2 aliphatic rings. The number of rotatable bonds is 41. The Hall–Kier alpha value is -9.83. The van der Waals surface area contributed by atoms with E-state index in [1.165, 1.54) is 11.8 Å². The van der Waals surface area contributed by atoms with Gasteiger partial charge in [0.15, 0.2) is 5.96 Å². The van der Waals surface area contributed by atoms with Crippen molar-refractivity contribution in [1.82, 2.24) is 57.7 Å². The van der Waals surface area contributed by atoms with Crippen molar-refractivity contribution in [2.75, 3.05) is 39.3 Å². The molecule has 2 aromatic carbocycles. The van der Waals surface area contributed by atoms with Crippen LogP contribution in [0.5, 0.6) is 0 Å². The molecule has 4 rings (SSSR count). The van der Waals surface area contributed by atoms with E-state index in [4.69, 9.17) is 28.7 Å². The Labute approximate surface area is 561 Å². The molecule has 2 heterocycles. The smallest absolute Gasteiger partial charge is 0.305 e. The number of aliphatic imine (C=N–C) groups is 1. The largest absolute Gasteiger partial charge is 0.481 e. The minimum absolute atomic E-state index is 0.0309. The van der Waals surface area contributed by atoms with E-state index < -0.39 is 182 Å². The topological polar surface area (TPSA) is 557 Å². The Morgan fingerprint density at radius 2 is 1.05 bits per heavy atom. The van der Waals surface area contributed by atoms with E-state index in [2.05, 4.69) is 52.8 Å². The summed E-state index contributed by atoms with van der Waals surface area (Å²) >= 11 is 0. The van der Waals surface area contributed by atoms with Crippen molar-refractivity contribution < 1.29 is 82.4 Å². The molecule has 22 N–H and O–H groups in total. The number of aliphatic hydroxyl groups is 1.